The van der Waals surface area contributed by atoms with Gasteiger partial charge in [0.2, 0.25) is 0 Å². The van der Waals surface area contributed by atoms with Gasteiger partial charge in [-0.1, -0.05) is 35.9 Å². The molecule has 1 heterocycles. The maximum Gasteiger partial charge on any atom is 0.257 e. The van der Waals surface area contributed by atoms with E-state index in [4.69, 9.17) is 21.1 Å². The number of amides is 1. The number of halogens is 1. The van der Waals surface area contributed by atoms with E-state index >= 15 is 0 Å². The highest BCUT2D eigenvalue weighted by atomic mass is 35.5. The molecule has 1 aromatic heterocycles. The van der Waals surface area contributed by atoms with Crippen LogP contribution in [0.4, 0.5) is 0 Å². The lowest BCUT2D eigenvalue weighted by Gasteiger charge is -2.21. The van der Waals surface area contributed by atoms with E-state index in [0.717, 1.165) is 11.1 Å². The molecule has 0 spiro atoms. The highest BCUT2D eigenvalue weighted by Gasteiger charge is 2.17. The normalized spacial score (nSPS) is 10.6. The number of hydrogen-bond acceptors (Lipinski definition) is 4. The predicted octanol–water partition coefficient (Wildman–Crippen LogP) is 4.26. The van der Waals surface area contributed by atoms with Crippen molar-refractivity contribution in [2.75, 3.05) is 20.8 Å². The summed E-state index contributed by atoms with van der Waals surface area (Å²) < 4.78 is 12.3. The summed E-state index contributed by atoms with van der Waals surface area (Å²) in [6.07, 6.45) is 3.35. The van der Waals surface area contributed by atoms with Crippen molar-refractivity contribution in [2.24, 2.45) is 0 Å². The number of carbonyl (C=O) groups is 1. The molecule has 0 aliphatic rings. The van der Waals surface area contributed by atoms with Gasteiger partial charge in [-0.05, 0) is 36.2 Å². The van der Waals surface area contributed by atoms with E-state index < -0.39 is 0 Å². The maximum absolute atomic E-state index is 13.0. The lowest BCUT2D eigenvalue weighted by molar-refractivity contribution is 0.0752. The summed E-state index contributed by atoms with van der Waals surface area (Å²) in [5.41, 5.74) is 2.45. The summed E-state index contributed by atoms with van der Waals surface area (Å²) in [6.45, 7) is 3.50. The van der Waals surface area contributed by atoms with Gasteiger partial charge < -0.3 is 14.4 Å². The van der Waals surface area contributed by atoms with E-state index in [2.05, 4.69) is 5.10 Å². The standard InChI is InChI=1S/C22H24ClN3O3/c1-4-25(13-16-9-10-20(28-2)21(11-16)29-3)22(27)18-12-24-26(15-18)14-17-7-5-6-8-19(17)23/h5-12,15H,4,13-14H2,1-3H3. The Morgan fingerprint density at radius 1 is 1.14 bits per heavy atom. The van der Waals surface area contributed by atoms with Gasteiger partial charge in [-0.3, -0.25) is 9.48 Å². The summed E-state index contributed by atoms with van der Waals surface area (Å²) in [4.78, 5) is 14.7. The van der Waals surface area contributed by atoms with Crippen molar-refractivity contribution >= 4 is 17.5 Å². The van der Waals surface area contributed by atoms with E-state index in [1.807, 2.05) is 49.4 Å². The van der Waals surface area contributed by atoms with Crippen molar-refractivity contribution in [3.05, 3.63) is 76.6 Å². The van der Waals surface area contributed by atoms with Gasteiger partial charge in [-0.15, -0.1) is 0 Å². The Bertz CT molecular complexity index is 987. The Balaban J connectivity index is 1.73. The van der Waals surface area contributed by atoms with Gasteiger partial charge in [0.15, 0.2) is 11.5 Å². The second-order valence-electron chi connectivity index (χ2n) is 6.53. The van der Waals surface area contributed by atoms with Crippen LogP contribution in [0.2, 0.25) is 5.02 Å². The molecule has 0 atom stereocenters. The zero-order chi connectivity index (χ0) is 20.8. The van der Waals surface area contributed by atoms with Gasteiger partial charge in [0.05, 0.1) is 32.5 Å². The number of hydrogen-bond donors (Lipinski definition) is 0. The van der Waals surface area contributed by atoms with Gasteiger partial charge in [-0.25, -0.2) is 0 Å². The molecule has 6 nitrogen and oxygen atoms in total. The van der Waals surface area contributed by atoms with Crippen LogP contribution >= 0.6 is 11.6 Å². The molecule has 7 heteroatoms. The fourth-order valence-electron chi connectivity index (χ4n) is 3.07. The SMILES string of the molecule is CCN(Cc1ccc(OC)c(OC)c1)C(=O)c1cnn(Cc2ccccc2Cl)c1. The van der Waals surface area contributed by atoms with E-state index in [9.17, 15) is 4.79 Å². The molecule has 2 aromatic carbocycles. The number of carbonyl (C=O) groups excluding carboxylic acids is 1. The van der Waals surface area contributed by atoms with Crippen LogP contribution in [0.25, 0.3) is 0 Å². The van der Waals surface area contributed by atoms with Gasteiger partial charge in [-0.2, -0.15) is 5.10 Å². The van der Waals surface area contributed by atoms with Crippen LogP contribution in [0.3, 0.4) is 0 Å². The Morgan fingerprint density at radius 3 is 2.59 bits per heavy atom. The smallest absolute Gasteiger partial charge is 0.257 e. The first-order valence-electron chi connectivity index (χ1n) is 9.31. The van der Waals surface area contributed by atoms with Crippen LogP contribution in [-0.2, 0) is 13.1 Å². The third-order valence-electron chi connectivity index (χ3n) is 4.66. The second kappa shape index (κ2) is 9.47. The minimum absolute atomic E-state index is 0.0762. The highest BCUT2D eigenvalue weighted by molar-refractivity contribution is 6.31. The minimum Gasteiger partial charge on any atom is -0.493 e. The summed E-state index contributed by atoms with van der Waals surface area (Å²) in [6, 6.07) is 13.3. The lowest BCUT2D eigenvalue weighted by atomic mass is 10.1. The molecule has 0 aliphatic carbocycles. The summed E-state index contributed by atoms with van der Waals surface area (Å²) in [7, 11) is 3.19. The molecule has 0 radical (unpaired) electrons. The van der Waals surface area contributed by atoms with E-state index in [0.29, 0.717) is 41.7 Å². The van der Waals surface area contributed by atoms with Crippen molar-refractivity contribution in [1.82, 2.24) is 14.7 Å². The molecule has 0 unspecified atom stereocenters. The van der Waals surface area contributed by atoms with Gasteiger partial charge in [0, 0.05) is 24.3 Å². The molecule has 0 bridgehead atoms. The van der Waals surface area contributed by atoms with Crippen molar-refractivity contribution in [3.63, 3.8) is 0 Å². The Labute approximate surface area is 175 Å². The fraction of sp³-hybridized carbons (Fsp3) is 0.273. The zero-order valence-corrected chi connectivity index (χ0v) is 17.5. The first-order chi connectivity index (χ1) is 14.0. The van der Waals surface area contributed by atoms with Crippen molar-refractivity contribution in [3.8, 4) is 11.5 Å². The number of nitrogens with zero attached hydrogens (tertiary/aromatic N) is 3. The first kappa shape index (κ1) is 20.7. The van der Waals surface area contributed by atoms with Crippen LogP contribution in [-0.4, -0.2) is 41.4 Å². The molecule has 3 aromatic rings. The Hall–Kier alpha value is -2.99. The van der Waals surface area contributed by atoms with Crippen molar-refractivity contribution in [1.29, 1.82) is 0 Å². The van der Waals surface area contributed by atoms with Crippen LogP contribution in [0, 0.1) is 0 Å². The van der Waals surface area contributed by atoms with Gasteiger partial charge >= 0.3 is 0 Å². The molecule has 0 saturated heterocycles. The minimum atomic E-state index is -0.0762. The topological polar surface area (TPSA) is 56.6 Å². The molecule has 152 valence electrons. The number of rotatable bonds is 8. The zero-order valence-electron chi connectivity index (χ0n) is 16.8. The van der Waals surface area contributed by atoms with E-state index in [1.54, 1.807) is 36.2 Å². The van der Waals surface area contributed by atoms with Crippen LogP contribution < -0.4 is 9.47 Å². The fourth-order valence-corrected chi connectivity index (χ4v) is 3.27. The van der Waals surface area contributed by atoms with Gasteiger partial charge in [0.1, 0.15) is 0 Å². The highest BCUT2D eigenvalue weighted by Crippen LogP contribution is 2.28. The van der Waals surface area contributed by atoms with Crippen LogP contribution in [0.1, 0.15) is 28.4 Å². The molecule has 29 heavy (non-hydrogen) atoms. The molecule has 0 N–H and O–H groups in total. The first-order valence-corrected chi connectivity index (χ1v) is 9.69. The predicted molar refractivity (Wildman–Crippen MR) is 113 cm³/mol. The molecule has 1 amide bonds. The second-order valence-corrected chi connectivity index (χ2v) is 6.93. The summed E-state index contributed by atoms with van der Waals surface area (Å²) in [5, 5.41) is 5.00. The van der Waals surface area contributed by atoms with Crippen LogP contribution in [0.15, 0.2) is 54.9 Å². The molecule has 0 saturated carbocycles. The number of ether oxygens (including phenoxy) is 2. The van der Waals surface area contributed by atoms with Gasteiger partial charge in [0.25, 0.3) is 5.91 Å². The third-order valence-corrected chi connectivity index (χ3v) is 5.03. The monoisotopic (exact) mass is 413 g/mol. The number of aromatic nitrogens is 2. The Kier molecular flexibility index (Phi) is 6.77. The lowest BCUT2D eigenvalue weighted by Crippen LogP contribution is -2.30. The number of benzene rings is 2. The quantitative estimate of drug-likeness (QED) is 0.553. The summed E-state index contributed by atoms with van der Waals surface area (Å²) >= 11 is 6.22. The maximum atomic E-state index is 13.0. The third kappa shape index (κ3) is 4.90. The molecule has 0 fully saturated rings. The van der Waals surface area contributed by atoms with E-state index in [-0.39, 0.29) is 5.91 Å². The largest absolute Gasteiger partial charge is 0.493 e. The van der Waals surface area contributed by atoms with Crippen molar-refractivity contribution in [2.45, 2.75) is 20.0 Å². The molecule has 0 aliphatic heterocycles. The number of methoxy groups -OCH3 is 2. The molecular formula is C22H24ClN3O3. The molecular weight excluding hydrogens is 390 g/mol. The van der Waals surface area contributed by atoms with Crippen molar-refractivity contribution < 1.29 is 14.3 Å². The van der Waals surface area contributed by atoms with Crippen LogP contribution in [0.5, 0.6) is 11.5 Å². The van der Waals surface area contributed by atoms with E-state index in [1.165, 1.54) is 0 Å². The Morgan fingerprint density at radius 2 is 1.90 bits per heavy atom. The summed E-state index contributed by atoms with van der Waals surface area (Å²) in [5.74, 6) is 1.22. The molecule has 3 rings (SSSR count). The average Bonchev–Trinajstić information content (AvgIpc) is 3.21. The average molecular weight is 414 g/mol.